The smallest absolute Gasteiger partial charge is 0.0726 e. The van der Waals surface area contributed by atoms with E-state index < -0.39 is 5.41 Å². The van der Waals surface area contributed by atoms with Gasteiger partial charge in [0.25, 0.3) is 0 Å². The molecule has 6 nitrogen and oxygen atoms in total. The van der Waals surface area contributed by atoms with Crippen LogP contribution in [0.3, 0.4) is 0 Å². The summed E-state index contributed by atoms with van der Waals surface area (Å²) in [5.41, 5.74) is 41.2. The first-order valence-electron chi connectivity index (χ1n) is 48.8. The molecule has 3 heterocycles. The highest BCUT2D eigenvalue weighted by atomic mass is 15.1. The third-order valence-electron chi connectivity index (χ3n) is 31.3. The van der Waals surface area contributed by atoms with Crippen molar-refractivity contribution in [2.75, 3.05) is 35.8 Å². The zero-order chi connectivity index (χ0) is 93.2. The van der Waals surface area contributed by atoms with Gasteiger partial charge in [0.15, 0.2) is 0 Å². The van der Waals surface area contributed by atoms with Crippen molar-refractivity contribution in [3.8, 4) is 61.6 Å². The van der Waals surface area contributed by atoms with Crippen LogP contribution in [-0.2, 0) is 16.2 Å². The number of nitrogens with zero attached hydrogens (tertiary/aromatic N) is 6. The lowest BCUT2D eigenvalue weighted by atomic mass is 9.67. The molecule has 0 amide bonds. The first kappa shape index (κ1) is 81.9. The third-order valence-corrected chi connectivity index (χ3v) is 31.3. The fraction of sp³-hybridized carbons (Fsp3) is 0.0597. The van der Waals surface area contributed by atoms with Crippen LogP contribution in [-0.4, -0.2) is 34.8 Å². The minimum Gasteiger partial charge on any atom is -0.345 e. The monoisotopic (exact) mass is 1790 g/mol. The molecule has 662 valence electrons. The molecule has 0 saturated carbocycles. The lowest BCUT2D eigenvalue weighted by Gasteiger charge is -2.34. The van der Waals surface area contributed by atoms with Crippen molar-refractivity contribution in [1.82, 2.24) is 13.7 Å². The molecule has 0 aliphatic heterocycles. The molecular formula is C134H96N6. The standard InChI is InChI=1S/C48H32N2.C48H34N2.C38H30N2/c1-49(32-26-28-47-40(29-32)39-19-7-11-23-46(39)50(47)45-24-12-14-31-13-2-3-15-34(31)45)33-25-27-38-37-18-6-10-22-43(37)48(44(38)30-33)41-20-8-4-16-35(41)36-17-5-9-21-42(36)48;1-49(36-28-30-47-42(31-36)41-23-11-13-25-46(41)50(47)45-26-14-16-33-15-8-9-21-38(33)45)37-27-29-40-39-22-10-12-24-43(39)48(44(40)32-37,34-17-4-2-5-18-34)35-19-6-3-7-20-35;1-38(2)33-16-8-6-14-29(33)30-21-19-27(24-34(30)38)39(3)26-20-22-37-32(23-26)31-15-7-9-17-36(31)40(37)35-18-10-12-25-11-4-5-13-28(25)35/h2-30H,1H3;2-32H,1H3;4-24H,1-3H3. The van der Waals surface area contributed by atoms with E-state index in [1.54, 1.807) is 0 Å². The number of hydrogen-bond donors (Lipinski definition) is 0. The van der Waals surface area contributed by atoms with Crippen LogP contribution in [0.5, 0.6) is 0 Å². The Labute approximate surface area is 814 Å². The number of aromatic nitrogens is 3. The van der Waals surface area contributed by atoms with E-state index in [2.05, 4.69) is 555 Å². The summed E-state index contributed by atoms with van der Waals surface area (Å²) in [5.74, 6) is 0. The van der Waals surface area contributed by atoms with Crippen molar-refractivity contribution >= 4 is 132 Å². The molecular weight excluding hydrogens is 1690 g/mol. The van der Waals surface area contributed by atoms with Gasteiger partial charge in [0.05, 0.1) is 61.0 Å². The zero-order valence-corrected chi connectivity index (χ0v) is 78.4. The van der Waals surface area contributed by atoms with Crippen LogP contribution < -0.4 is 14.7 Å². The Morgan fingerprint density at radius 2 is 0.400 bits per heavy atom. The fourth-order valence-electron chi connectivity index (χ4n) is 24.8. The van der Waals surface area contributed by atoms with Gasteiger partial charge < -0.3 is 28.4 Å². The normalized spacial score (nSPS) is 13.3. The minimum absolute atomic E-state index is 0.0153. The number of para-hydroxylation sites is 3. The van der Waals surface area contributed by atoms with Gasteiger partial charge in [0.1, 0.15) is 0 Å². The van der Waals surface area contributed by atoms with E-state index in [9.17, 15) is 0 Å². The number of rotatable bonds is 11. The van der Waals surface area contributed by atoms with Crippen LogP contribution in [0, 0.1) is 0 Å². The van der Waals surface area contributed by atoms with Gasteiger partial charge in [-0.15, -0.1) is 0 Å². The van der Waals surface area contributed by atoms with E-state index in [1.165, 1.54) is 232 Å². The number of hydrogen-bond acceptors (Lipinski definition) is 3. The second kappa shape index (κ2) is 32.0. The molecule has 22 aromatic carbocycles. The number of benzene rings is 22. The van der Waals surface area contributed by atoms with Gasteiger partial charge in [-0.05, 0) is 244 Å². The van der Waals surface area contributed by atoms with Gasteiger partial charge in [-0.25, -0.2) is 0 Å². The maximum absolute atomic E-state index is 2.46. The molecule has 0 fully saturated rings. The van der Waals surface area contributed by atoms with Gasteiger partial charge in [-0.1, -0.05) is 378 Å². The predicted octanol–water partition coefficient (Wildman–Crippen LogP) is 34.1. The Morgan fingerprint density at radius 1 is 0.164 bits per heavy atom. The van der Waals surface area contributed by atoms with Crippen molar-refractivity contribution < 1.29 is 0 Å². The summed E-state index contributed by atoms with van der Waals surface area (Å²) in [7, 11) is 6.58. The molecule has 1 spiro atoms. The molecule has 3 aromatic heterocycles. The van der Waals surface area contributed by atoms with E-state index in [1.807, 2.05) is 0 Å². The van der Waals surface area contributed by atoms with Crippen molar-refractivity contribution in [2.24, 2.45) is 0 Å². The summed E-state index contributed by atoms with van der Waals surface area (Å²) in [6.07, 6.45) is 0. The molecule has 0 N–H and O–H groups in total. The van der Waals surface area contributed by atoms with Gasteiger partial charge in [-0.3, -0.25) is 0 Å². The van der Waals surface area contributed by atoms with Crippen LogP contribution >= 0.6 is 0 Å². The van der Waals surface area contributed by atoms with Crippen molar-refractivity contribution in [1.29, 1.82) is 0 Å². The second-order valence-corrected chi connectivity index (χ2v) is 38.6. The average Bonchev–Trinajstić information content (AvgIpc) is 1.50. The molecule has 0 atom stereocenters. The molecule has 25 aromatic rings. The molecule has 0 radical (unpaired) electrons. The third kappa shape index (κ3) is 12.2. The SMILES string of the molecule is CN(c1ccc2c(c1)C(C)(C)c1ccccc1-2)c1ccc2c(c1)c1ccccc1n2-c1cccc2ccccc12.CN(c1ccc2c(c1)C(c1ccccc1)(c1ccccc1)c1ccccc1-2)c1ccc2c(c1)c1ccccc1n2-c1cccc2ccccc12.CN(c1ccc2c(c1)C1(c3ccccc3-c3ccccc31)c1ccccc1-2)c1ccc2c(c1)c1ccccc1n2-c1cccc2ccccc12. The summed E-state index contributed by atoms with van der Waals surface area (Å²) in [6.45, 7) is 4.69. The molecule has 29 rings (SSSR count). The summed E-state index contributed by atoms with van der Waals surface area (Å²) < 4.78 is 7.28. The summed E-state index contributed by atoms with van der Waals surface area (Å²) in [4.78, 5) is 7.02. The molecule has 0 bridgehead atoms. The van der Waals surface area contributed by atoms with Crippen LogP contribution in [0.4, 0.5) is 34.1 Å². The lowest BCUT2D eigenvalue weighted by Crippen LogP contribution is -2.28. The topological polar surface area (TPSA) is 24.5 Å². The molecule has 6 heteroatoms. The zero-order valence-electron chi connectivity index (χ0n) is 78.4. The highest BCUT2D eigenvalue weighted by Crippen LogP contribution is 2.64. The van der Waals surface area contributed by atoms with Crippen LogP contribution in [0.2, 0.25) is 0 Å². The first-order chi connectivity index (χ1) is 69.0. The van der Waals surface area contributed by atoms with Crippen molar-refractivity contribution in [2.45, 2.75) is 30.1 Å². The summed E-state index contributed by atoms with van der Waals surface area (Å²) in [5, 5.41) is 15.0. The number of fused-ring (bicyclic) bond motifs is 28. The molecule has 4 aliphatic rings. The second-order valence-electron chi connectivity index (χ2n) is 38.6. The lowest BCUT2D eigenvalue weighted by molar-refractivity contribution is 0.660. The van der Waals surface area contributed by atoms with E-state index >= 15 is 0 Å². The first-order valence-corrected chi connectivity index (χ1v) is 48.8. The van der Waals surface area contributed by atoms with E-state index in [0.717, 1.165) is 17.1 Å². The number of anilines is 6. The highest BCUT2D eigenvalue weighted by Gasteiger charge is 2.52. The molecule has 4 aliphatic carbocycles. The van der Waals surface area contributed by atoms with Gasteiger partial charge in [0, 0.05) is 109 Å². The minimum atomic E-state index is -0.429. The van der Waals surface area contributed by atoms with Gasteiger partial charge >= 0.3 is 0 Å². The maximum atomic E-state index is 2.46. The van der Waals surface area contributed by atoms with Crippen LogP contribution in [0.25, 0.3) is 159 Å². The van der Waals surface area contributed by atoms with Crippen molar-refractivity contribution in [3.05, 3.63) is 547 Å². The van der Waals surface area contributed by atoms with Crippen molar-refractivity contribution in [3.63, 3.8) is 0 Å². The fourth-order valence-corrected chi connectivity index (χ4v) is 24.8. The Kier molecular flexibility index (Phi) is 18.8. The Bertz CT molecular complexity index is 8970. The molecule has 0 unspecified atom stereocenters. The van der Waals surface area contributed by atoms with Gasteiger partial charge in [0.2, 0.25) is 0 Å². The highest BCUT2D eigenvalue weighted by molar-refractivity contribution is 6.15. The maximum Gasteiger partial charge on any atom is 0.0726 e. The molecule has 0 saturated heterocycles. The largest absolute Gasteiger partial charge is 0.345 e. The van der Waals surface area contributed by atoms with E-state index in [0.29, 0.717) is 0 Å². The Hall–Kier alpha value is -17.6. The van der Waals surface area contributed by atoms with E-state index in [-0.39, 0.29) is 10.8 Å². The van der Waals surface area contributed by atoms with E-state index in [4.69, 9.17) is 0 Å². The molecule has 140 heavy (non-hydrogen) atoms. The Morgan fingerprint density at radius 3 is 0.757 bits per heavy atom. The average molecular weight is 1790 g/mol. The quantitative estimate of drug-likeness (QED) is 0.129. The summed E-state index contributed by atoms with van der Waals surface area (Å²) >= 11 is 0. The van der Waals surface area contributed by atoms with Crippen LogP contribution in [0.1, 0.15) is 69.5 Å². The van der Waals surface area contributed by atoms with Crippen LogP contribution in [0.15, 0.2) is 491 Å². The van der Waals surface area contributed by atoms with Gasteiger partial charge in [-0.2, -0.15) is 0 Å². The summed E-state index contributed by atoms with van der Waals surface area (Å²) in [6, 6.07) is 181. The predicted molar refractivity (Wildman–Crippen MR) is 590 cm³/mol. The Balaban J connectivity index is 0.000000106.